The number of sulfonamides is 1. The molecule has 2 N–H and O–H groups in total. The molecule has 5 nitrogen and oxygen atoms in total. The van der Waals surface area contributed by atoms with Gasteiger partial charge in [0.15, 0.2) is 0 Å². The molecule has 0 aliphatic heterocycles. The van der Waals surface area contributed by atoms with E-state index in [1.165, 1.54) is 6.07 Å². The van der Waals surface area contributed by atoms with Crippen molar-refractivity contribution < 1.29 is 18.3 Å². The van der Waals surface area contributed by atoms with Gasteiger partial charge in [0.25, 0.3) is 0 Å². The highest BCUT2D eigenvalue weighted by atomic mass is 32.2. The first-order valence-electron chi connectivity index (χ1n) is 7.13. The molecule has 1 aromatic heterocycles. The fourth-order valence-electron chi connectivity index (χ4n) is 2.94. The third kappa shape index (κ3) is 3.46. The van der Waals surface area contributed by atoms with Crippen LogP contribution in [-0.4, -0.2) is 26.0 Å². The molecule has 0 saturated heterocycles. The molecule has 0 bridgehead atoms. The van der Waals surface area contributed by atoms with E-state index in [0.29, 0.717) is 11.4 Å². The van der Waals surface area contributed by atoms with Crippen molar-refractivity contribution in [1.82, 2.24) is 4.72 Å². The van der Waals surface area contributed by atoms with Crippen LogP contribution in [0, 0.1) is 12.3 Å². The minimum atomic E-state index is -3.64. The monoisotopic (exact) mass is 331 g/mol. The quantitative estimate of drug-likeness (QED) is 0.839. The maximum atomic E-state index is 12.4. The average molecular weight is 331 g/mol. The number of nitrogens with one attached hydrogen (secondary N) is 1. The van der Waals surface area contributed by atoms with Crippen LogP contribution in [0.25, 0.3) is 0 Å². The zero-order valence-corrected chi connectivity index (χ0v) is 13.9. The van der Waals surface area contributed by atoms with Crippen LogP contribution in [0.2, 0.25) is 0 Å². The predicted molar refractivity (Wildman–Crippen MR) is 82.4 cm³/mol. The lowest BCUT2D eigenvalue weighted by Crippen LogP contribution is -2.35. The van der Waals surface area contributed by atoms with E-state index in [-0.39, 0.29) is 15.2 Å². The molecule has 0 radical (unpaired) electrons. The van der Waals surface area contributed by atoms with Crippen LogP contribution in [0.1, 0.15) is 53.6 Å². The highest BCUT2D eigenvalue weighted by molar-refractivity contribution is 7.89. The zero-order chi connectivity index (χ0) is 15.7. The molecule has 7 heteroatoms. The molecule has 1 aliphatic rings. The molecule has 0 unspecified atom stereocenters. The Hall–Kier alpha value is -0.920. The van der Waals surface area contributed by atoms with Crippen LogP contribution in [-0.2, 0) is 10.0 Å². The van der Waals surface area contributed by atoms with E-state index in [0.717, 1.165) is 43.4 Å². The maximum absolute atomic E-state index is 12.4. The third-order valence-electron chi connectivity index (χ3n) is 4.42. The van der Waals surface area contributed by atoms with E-state index in [1.54, 1.807) is 6.92 Å². The van der Waals surface area contributed by atoms with E-state index in [2.05, 4.69) is 11.6 Å². The summed E-state index contributed by atoms with van der Waals surface area (Å²) in [6.45, 7) is 4.17. The number of carboxylic acid groups (broad SMARTS) is 1. The fourth-order valence-corrected chi connectivity index (χ4v) is 5.53. The van der Waals surface area contributed by atoms with Crippen LogP contribution in [0.3, 0.4) is 0 Å². The predicted octanol–water partition coefficient (Wildman–Crippen LogP) is 3.00. The van der Waals surface area contributed by atoms with Gasteiger partial charge in [0.1, 0.15) is 4.88 Å². The van der Waals surface area contributed by atoms with E-state index >= 15 is 0 Å². The number of carboxylic acids is 1. The second kappa shape index (κ2) is 6.06. The highest BCUT2D eigenvalue weighted by Gasteiger charge is 2.34. The molecular formula is C14H21NO4S2. The van der Waals surface area contributed by atoms with Gasteiger partial charge >= 0.3 is 5.97 Å². The van der Waals surface area contributed by atoms with E-state index < -0.39 is 16.0 Å². The number of hydrogen-bond donors (Lipinski definition) is 2. The van der Waals surface area contributed by atoms with Crippen molar-refractivity contribution in [3.63, 3.8) is 0 Å². The molecule has 1 aromatic rings. The number of carbonyl (C=O) groups is 1. The van der Waals surface area contributed by atoms with E-state index in [1.807, 2.05) is 0 Å². The van der Waals surface area contributed by atoms with Crippen molar-refractivity contribution in [2.24, 2.45) is 5.41 Å². The summed E-state index contributed by atoms with van der Waals surface area (Å²) in [5.41, 5.74) is 0.0621. The summed E-state index contributed by atoms with van der Waals surface area (Å²) in [4.78, 5) is 11.6. The van der Waals surface area contributed by atoms with Gasteiger partial charge in [0.2, 0.25) is 10.0 Å². The van der Waals surface area contributed by atoms with Gasteiger partial charge < -0.3 is 5.11 Å². The van der Waals surface area contributed by atoms with Crippen molar-refractivity contribution in [2.75, 3.05) is 6.54 Å². The molecule has 0 aromatic carbocycles. The number of aryl methyl sites for hydroxylation is 1. The van der Waals surface area contributed by atoms with Gasteiger partial charge in [-0.3, -0.25) is 0 Å². The van der Waals surface area contributed by atoms with Crippen LogP contribution < -0.4 is 4.72 Å². The summed E-state index contributed by atoms with van der Waals surface area (Å²) >= 11 is 0.994. The summed E-state index contributed by atoms with van der Waals surface area (Å²) in [7, 11) is -3.64. The summed E-state index contributed by atoms with van der Waals surface area (Å²) in [6, 6.07) is 1.25. The van der Waals surface area contributed by atoms with Crippen LogP contribution >= 0.6 is 11.3 Å². The van der Waals surface area contributed by atoms with E-state index in [4.69, 9.17) is 5.11 Å². The van der Waals surface area contributed by atoms with Gasteiger partial charge in [-0.25, -0.2) is 17.9 Å². The molecular weight excluding hydrogens is 310 g/mol. The molecule has 21 heavy (non-hydrogen) atoms. The lowest BCUT2D eigenvalue weighted by Gasteiger charge is -2.27. The Morgan fingerprint density at radius 2 is 2.05 bits per heavy atom. The van der Waals surface area contributed by atoms with Crippen molar-refractivity contribution in [1.29, 1.82) is 0 Å². The van der Waals surface area contributed by atoms with Crippen LogP contribution in [0.15, 0.2) is 11.0 Å². The molecule has 1 aliphatic carbocycles. The topological polar surface area (TPSA) is 83.5 Å². The van der Waals surface area contributed by atoms with Gasteiger partial charge in [-0.1, -0.05) is 19.8 Å². The maximum Gasteiger partial charge on any atom is 0.345 e. The Bertz CT molecular complexity index is 627. The Balaban J connectivity index is 2.17. The molecule has 1 saturated carbocycles. The first-order chi connectivity index (χ1) is 9.80. The second-order valence-corrected chi connectivity index (χ2v) is 8.71. The molecule has 1 fully saturated rings. The molecule has 1 heterocycles. The van der Waals surface area contributed by atoms with Crippen molar-refractivity contribution in [3.8, 4) is 0 Å². The number of hydrogen-bond acceptors (Lipinski definition) is 4. The lowest BCUT2D eigenvalue weighted by atomic mass is 9.84. The lowest BCUT2D eigenvalue weighted by molar-refractivity contribution is 0.0702. The van der Waals surface area contributed by atoms with Gasteiger partial charge in [0.05, 0.1) is 4.90 Å². The summed E-state index contributed by atoms with van der Waals surface area (Å²) in [6.07, 6.45) is 5.36. The Kier molecular flexibility index (Phi) is 4.75. The highest BCUT2D eigenvalue weighted by Crippen LogP contribution is 2.40. The fraction of sp³-hybridized carbons (Fsp3) is 0.643. The largest absolute Gasteiger partial charge is 0.477 e. The SMILES string of the molecule is CCC1(CNS(=O)(=O)c2cc(C(=O)O)sc2C)CCCC1. The molecule has 2 rings (SSSR count). The normalized spacial score (nSPS) is 18.0. The standard InChI is InChI=1S/C14H21NO4S2/c1-3-14(6-4-5-7-14)9-15-21(18,19)12-8-11(13(16)17)20-10(12)2/h8,15H,3-7,9H2,1-2H3,(H,16,17). The molecule has 0 spiro atoms. The van der Waals surface area contributed by atoms with Gasteiger partial charge in [-0.05, 0) is 37.7 Å². The summed E-state index contributed by atoms with van der Waals surface area (Å²) in [5.74, 6) is -1.09. The number of thiophene rings is 1. The summed E-state index contributed by atoms with van der Waals surface area (Å²) < 4.78 is 27.5. The number of aromatic carboxylic acids is 1. The average Bonchev–Trinajstić information content (AvgIpc) is 3.04. The summed E-state index contributed by atoms with van der Waals surface area (Å²) in [5, 5.41) is 8.97. The smallest absolute Gasteiger partial charge is 0.345 e. The van der Waals surface area contributed by atoms with E-state index in [9.17, 15) is 13.2 Å². The molecule has 0 atom stereocenters. The third-order valence-corrected chi connectivity index (χ3v) is 7.12. The Labute approximate surface area is 129 Å². The van der Waals surface area contributed by atoms with Crippen molar-refractivity contribution in [2.45, 2.75) is 50.8 Å². The number of rotatable bonds is 6. The van der Waals surface area contributed by atoms with Gasteiger partial charge in [0, 0.05) is 11.4 Å². The molecule has 118 valence electrons. The minimum Gasteiger partial charge on any atom is -0.477 e. The first-order valence-corrected chi connectivity index (χ1v) is 9.43. The van der Waals surface area contributed by atoms with Gasteiger partial charge in [-0.2, -0.15) is 0 Å². The second-order valence-electron chi connectivity index (χ2n) is 5.72. The van der Waals surface area contributed by atoms with Crippen molar-refractivity contribution in [3.05, 3.63) is 15.8 Å². The molecule has 0 amide bonds. The Morgan fingerprint density at radius 3 is 2.52 bits per heavy atom. The van der Waals surface area contributed by atoms with Crippen molar-refractivity contribution >= 4 is 27.3 Å². The Morgan fingerprint density at radius 1 is 1.43 bits per heavy atom. The van der Waals surface area contributed by atoms with Crippen LogP contribution in [0.4, 0.5) is 0 Å². The minimum absolute atomic E-state index is 0.0546. The van der Waals surface area contributed by atoms with Crippen LogP contribution in [0.5, 0.6) is 0 Å². The first kappa shape index (κ1) is 16.5. The van der Waals surface area contributed by atoms with Gasteiger partial charge in [-0.15, -0.1) is 11.3 Å². The zero-order valence-electron chi connectivity index (χ0n) is 12.3.